The number of hydrogen-bond acceptors (Lipinski definition) is 24. The minimum Gasteiger partial charge on any atom is -0.318 e. The van der Waals surface area contributed by atoms with E-state index in [1.165, 1.54) is 11.9 Å². The zero-order valence-electron chi connectivity index (χ0n) is 35.4. The molecule has 6 amide bonds. The van der Waals surface area contributed by atoms with Crippen molar-refractivity contribution in [3.8, 4) is 0 Å². The normalized spacial score (nSPS) is 16.1. The number of hydroxylamine groups is 1. The number of aromatic amines is 6. The van der Waals surface area contributed by atoms with E-state index in [0.717, 1.165) is 33.7 Å². The standard InChI is InChI=1S/C4H6N2O2.C4H6N2O.C4H5NO2S.C3H5N3O.C3H4N2O3.C3H4N2O2.C3H4N2OS.C2H4N4.C2H4N2O2S/c1-6-2-3(7)5-4(6)8;1-3-2-4(7)6-5-3;1-2-3(6)5-4(7)8-2;1-2-4-3(7)6-5-2;1-5-2(6)4-3(7)8-5;2*1-2-4-3(6)7-5-2;1-2-3-5-6-4-2;1-2-3-6-7(5)4-2/h2H2,1H3,(H,5,7,8);2H2,1H3,(H,6,7);2H,1H3,(H,5,6,7);1H3,(H2,4,5,6,7);1H3,(H,4,6,7);2*1H3,(H,4,5,6);1H3,(H,3,4,5,6);1H3,(H,3,4). The molecule has 0 aromatic carbocycles. The number of tetrazole rings is 1. The summed E-state index contributed by atoms with van der Waals surface area (Å²) >= 11 is 0.496. The van der Waals surface area contributed by atoms with E-state index in [2.05, 4.69) is 99.7 Å². The average molecular weight is 979 g/mol. The number of aromatic nitrogens is 13. The van der Waals surface area contributed by atoms with Crippen LogP contribution in [0, 0.1) is 27.7 Å². The smallest absolute Gasteiger partial charge is 0.318 e. The molecule has 37 heteroatoms. The monoisotopic (exact) mass is 978 g/mol. The number of aryl methyl sites for hydroxylation is 5. The first kappa shape index (κ1) is 55.2. The third-order valence-electron chi connectivity index (χ3n) is 5.99. The Morgan fingerprint density at radius 2 is 1.49 bits per heavy atom. The molecular formula is C28H42N20O14S3. The molecule has 5 aromatic rings. The highest BCUT2D eigenvalue weighted by Crippen LogP contribution is 2.16. The number of imide groups is 2. The third-order valence-corrected chi connectivity index (χ3v) is 8.16. The van der Waals surface area contributed by atoms with Crippen molar-refractivity contribution in [3.05, 3.63) is 75.0 Å². The number of carbonyl (C=O) groups is 5. The van der Waals surface area contributed by atoms with E-state index in [-0.39, 0.29) is 51.3 Å². The van der Waals surface area contributed by atoms with E-state index < -0.39 is 28.5 Å². The maximum atomic E-state index is 10.4. The average Bonchev–Trinajstić information content (AvgIpc) is 4.11. The van der Waals surface area contributed by atoms with Crippen molar-refractivity contribution in [3.63, 3.8) is 0 Å². The van der Waals surface area contributed by atoms with Crippen LogP contribution in [0.2, 0.25) is 0 Å². The van der Waals surface area contributed by atoms with Gasteiger partial charge >= 0.3 is 45.1 Å². The van der Waals surface area contributed by atoms with E-state index in [0.29, 0.717) is 35.6 Å². The van der Waals surface area contributed by atoms with Gasteiger partial charge in [0, 0.05) is 24.3 Å². The van der Waals surface area contributed by atoms with Crippen molar-refractivity contribution >= 4 is 75.1 Å². The highest BCUT2D eigenvalue weighted by molar-refractivity contribution is 8.15. The highest BCUT2D eigenvalue weighted by Gasteiger charge is 2.26. The molecule has 9 heterocycles. The lowest BCUT2D eigenvalue weighted by molar-refractivity contribution is -0.119. The number of carbonyl (C=O) groups excluding carboxylic acids is 5. The van der Waals surface area contributed by atoms with Crippen LogP contribution in [0.25, 0.3) is 0 Å². The van der Waals surface area contributed by atoms with Gasteiger partial charge in [-0.3, -0.25) is 54.1 Å². The summed E-state index contributed by atoms with van der Waals surface area (Å²) in [5.74, 6) is 1.41. The number of urea groups is 1. The zero-order valence-corrected chi connectivity index (χ0v) is 37.9. The SMILES string of the molecule is CC1=NNC(=O)C1.CC1=NS(=O)ON1.CC1SC(=O)NC1=O.CN1CC(=O)NC1=O.Cc1n[nH]c(=O)[nH]1.Cc1nn[nH]n1.Cc1noc(=O)[nH]1.Cc1nsc(=O)[nH]1.Cn1oc(=O)[nH]c1=O. The maximum absolute atomic E-state index is 10.4. The lowest BCUT2D eigenvalue weighted by Gasteiger charge is -1.99. The lowest BCUT2D eigenvalue weighted by Crippen LogP contribution is -2.24. The molecule has 0 saturated carbocycles. The van der Waals surface area contributed by atoms with Crippen LogP contribution in [0.4, 0.5) is 9.59 Å². The van der Waals surface area contributed by atoms with Gasteiger partial charge in [-0.15, -0.1) is 14.6 Å². The number of likely N-dealkylation sites (N-methyl/N-ethyl adjacent to an activating group) is 1. The van der Waals surface area contributed by atoms with Gasteiger partial charge in [0.2, 0.25) is 17.7 Å². The van der Waals surface area contributed by atoms with Crippen LogP contribution in [0.5, 0.6) is 0 Å². The summed E-state index contributed by atoms with van der Waals surface area (Å²) in [6.07, 6.45) is 0.472. The molecule has 0 radical (unpaired) electrons. The van der Waals surface area contributed by atoms with Crippen molar-refractivity contribution in [1.29, 1.82) is 0 Å². The summed E-state index contributed by atoms with van der Waals surface area (Å²) in [6, 6.07) is -0.310. The molecule has 4 aliphatic rings. The van der Waals surface area contributed by atoms with Crippen LogP contribution in [-0.4, -0.2) is 134 Å². The van der Waals surface area contributed by atoms with Crippen molar-refractivity contribution < 1.29 is 41.5 Å². The van der Waals surface area contributed by atoms with Crippen molar-refractivity contribution in [2.45, 2.75) is 60.1 Å². The molecule has 34 nitrogen and oxygen atoms in total. The number of thioether (sulfide) groups is 1. The molecule has 2 fully saturated rings. The van der Waals surface area contributed by atoms with Crippen LogP contribution in [-0.2, 0) is 37.0 Å². The van der Waals surface area contributed by atoms with Crippen LogP contribution in [0.15, 0.2) is 42.5 Å². The van der Waals surface area contributed by atoms with Gasteiger partial charge in [-0.1, -0.05) is 22.1 Å². The van der Waals surface area contributed by atoms with Gasteiger partial charge in [0.05, 0.1) is 18.7 Å². The lowest BCUT2D eigenvalue weighted by atomic mass is 10.3. The largest absolute Gasteiger partial charge is 0.440 e. The Hall–Kier alpha value is -7.80. The molecule has 0 bridgehead atoms. The molecule has 4 aliphatic heterocycles. The van der Waals surface area contributed by atoms with Crippen LogP contribution in [0.1, 0.15) is 50.5 Å². The Morgan fingerprint density at radius 1 is 0.800 bits per heavy atom. The summed E-state index contributed by atoms with van der Waals surface area (Å²) in [4.78, 5) is 113. The molecule has 2 saturated heterocycles. The fourth-order valence-corrected chi connectivity index (χ4v) is 4.82. The second kappa shape index (κ2) is 28.7. The van der Waals surface area contributed by atoms with Gasteiger partial charge in [0.25, 0.3) is 5.24 Å². The summed E-state index contributed by atoms with van der Waals surface area (Å²) in [7, 11) is 2.92. The quantitative estimate of drug-likeness (QED) is 0.0668. The predicted molar refractivity (Wildman–Crippen MR) is 225 cm³/mol. The van der Waals surface area contributed by atoms with Crippen LogP contribution >= 0.6 is 23.3 Å². The van der Waals surface area contributed by atoms with Crippen molar-refractivity contribution in [1.82, 2.24) is 91.5 Å². The van der Waals surface area contributed by atoms with Gasteiger partial charge in [0.1, 0.15) is 29.9 Å². The number of amidine groups is 1. The van der Waals surface area contributed by atoms with Crippen molar-refractivity contribution in [2.24, 2.45) is 16.5 Å². The fraction of sp³-hybridized carbons (Fsp3) is 0.429. The van der Waals surface area contributed by atoms with Crippen LogP contribution in [0.3, 0.4) is 0 Å². The number of nitrogens with one attached hydrogen (secondary N) is 10. The van der Waals surface area contributed by atoms with Crippen molar-refractivity contribution in [2.75, 3.05) is 13.6 Å². The number of nitrogens with zero attached hydrogens (tertiary/aromatic N) is 10. The van der Waals surface area contributed by atoms with E-state index in [1.54, 1.807) is 48.6 Å². The summed E-state index contributed by atoms with van der Waals surface area (Å²) in [5.41, 5.74) is 4.72. The van der Waals surface area contributed by atoms with E-state index in [1.807, 2.05) is 11.9 Å². The molecule has 0 aliphatic carbocycles. The molecule has 5 aromatic heterocycles. The number of hydrogen-bond donors (Lipinski definition) is 10. The molecule has 0 spiro atoms. The number of amides is 6. The second-order valence-electron chi connectivity index (χ2n) is 11.8. The molecule has 2 unspecified atom stereocenters. The summed E-state index contributed by atoms with van der Waals surface area (Å²) in [5, 5.41) is 29.2. The van der Waals surface area contributed by atoms with Gasteiger partial charge in [-0.05, 0) is 48.5 Å². The molecule has 356 valence electrons. The Kier molecular flexibility index (Phi) is 24.4. The molecule has 65 heavy (non-hydrogen) atoms. The minimum absolute atomic E-state index is 0.00231. The first-order valence-electron chi connectivity index (χ1n) is 17.4. The Bertz CT molecular complexity index is 2540. The molecule has 2 atom stereocenters. The predicted octanol–water partition coefficient (Wildman–Crippen LogP) is -3.68. The zero-order chi connectivity index (χ0) is 49.2. The Labute approximate surface area is 372 Å². The summed E-state index contributed by atoms with van der Waals surface area (Å²) in [6.45, 7) is 12.2. The van der Waals surface area contributed by atoms with E-state index in [4.69, 9.17) is 0 Å². The topological polar surface area (TPSA) is 476 Å². The Balaban J connectivity index is 0.000000366. The van der Waals surface area contributed by atoms with Crippen LogP contribution < -0.4 is 49.3 Å². The van der Waals surface area contributed by atoms with E-state index >= 15 is 0 Å². The first-order chi connectivity index (χ1) is 30.4. The third kappa shape index (κ3) is 25.7. The highest BCUT2D eigenvalue weighted by atomic mass is 32.2. The maximum Gasteiger partial charge on any atom is 0.440 e. The minimum atomic E-state index is -1.48. The molecule has 10 N–H and O–H groups in total. The summed E-state index contributed by atoms with van der Waals surface area (Å²) < 4.78 is 30.6. The molecule has 9 rings (SSSR count). The second-order valence-corrected chi connectivity index (χ2v) is 14.6. The first-order valence-corrected chi connectivity index (χ1v) is 20.0. The number of H-pyrrole nitrogens is 6. The number of rotatable bonds is 0. The van der Waals surface area contributed by atoms with Gasteiger partial charge in [-0.25, -0.2) is 49.2 Å². The van der Waals surface area contributed by atoms with Gasteiger partial charge in [-0.2, -0.15) is 28.8 Å². The fourth-order valence-electron chi connectivity index (χ4n) is 3.23. The number of hydrazone groups is 1. The van der Waals surface area contributed by atoms with Gasteiger partial charge in [0.15, 0.2) is 5.82 Å². The Morgan fingerprint density at radius 3 is 1.63 bits per heavy atom. The van der Waals surface area contributed by atoms with Gasteiger partial charge < -0.3 is 9.42 Å². The molecular weight excluding hydrogens is 937 g/mol. The van der Waals surface area contributed by atoms with E-state index in [9.17, 15) is 52.2 Å².